The van der Waals surface area contributed by atoms with Crippen LogP contribution in [-0.2, 0) is 5.41 Å². The highest BCUT2D eigenvalue weighted by Gasteiger charge is 2.43. The summed E-state index contributed by atoms with van der Waals surface area (Å²) in [5.74, 6) is 0.127. The van der Waals surface area contributed by atoms with Gasteiger partial charge in [-0.3, -0.25) is 0 Å². The Morgan fingerprint density at radius 3 is 2.37 bits per heavy atom. The topological polar surface area (TPSA) is 25.8 Å². The van der Waals surface area contributed by atoms with Crippen LogP contribution in [0.15, 0.2) is 30.3 Å². The Labute approximate surface area is 116 Å². The first-order valence-corrected chi connectivity index (χ1v) is 6.77. The minimum atomic E-state index is -0.520. The van der Waals surface area contributed by atoms with Crippen LogP contribution in [0, 0.1) is 12.7 Å². The number of benzene rings is 1. The van der Waals surface area contributed by atoms with Crippen LogP contribution < -0.4 is 0 Å². The molecule has 98 valence electrons. The molecule has 1 aromatic heterocycles. The molecule has 0 aliphatic heterocycles. The highest BCUT2D eigenvalue weighted by Crippen LogP contribution is 2.47. The Morgan fingerprint density at radius 2 is 1.84 bits per heavy atom. The van der Waals surface area contributed by atoms with E-state index < -0.39 is 5.82 Å². The van der Waals surface area contributed by atoms with Gasteiger partial charge in [-0.1, -0.05) is 48.4 Å². The minimum Gasteiger partial charge on any atom is -0.234 e. The first-order valence-electron chi connectivity index (χ1n) is 6.39. The van der Waals surface area contributed by atoms with E-state index in [4.69, 9.17) is 11.6 Å². The highest BCUT2D eigenvalue weighted by atomic mass is 35.5. The molecule has 1 aromatic carbocycles. The van der Waals surface area contributed by atoms with Crippen LogP contribution >= 0.6 is 11.6 Å². The molecule has 0 radical (unpaired) electrons. The van der Waals surface area contributed by atoms with Crippen molar-refractivity contribution in [1.82, 2.24) is 9.97 Å². The van der Waals surface area contributed by atoms with Crippen LogP contribution in [0.2, 0.25) is 5.15 Å². The molecule has 1 fully saturated rings. The lowest BCUT2D eigenvalue weighted by molar-refractivity contribution is 0.283. The van der Waals surface area contributed by atoms with Crippen molar-refractivity contribution in [3.63, 3.8) is 0 Å². The van der Waals surface area contributed by atoms with Gasteiger partial charge in [-0.15, -0.1) is 0 Å². The zero-order chi connectivity index (χ0) is 13.5. The van der Waals surface area contributed by atoms with Gasteiger partial charge in [0.05, 0.1) is 11.1 Å². The van der Waals surface area contributed by atoms with Crippen molar-refractivity contribution in [2.45, 2.75) is 31.6 Å². The number of hydrogen-bond donors (Lipinski definition) is 0. The van der Waals surface area contributed by atoms with Crippen LogP contribution in [0.4, 0.5) is 4.39 Å². The first kappa shape index (κ1) is 12.5. The van der Waals surface area contributed by atoms with Gasteiger partial charge in [0.25, 0.3) is 0 Å². The summed E-state index contributed by atoms with van der Waals surface area (Å²) < 4.78 is 13.6. The number of hydrogen-bond acceptors (Lipinski definition) is 2. The monoisotopic (exact) mass is 276 g/mol. The molecule has 1 aliphatic rings. The third-order valence-electron chi connectivity index (χ3n) is 3.94. The van der Waals surface area contributed by atoms with E-state index in [2.05, 4.69) is 22.1 Å². The fourth-order valence-electron chi connectivity index (χ4n) is 2.67. The standard InChI is InChI=1S/C15H14ClFN2/c1-10-12(17)13(16)19-14(18-10)15(8-5-9-15)11-6-3-2-4-7-11/h2-4,6-7H,5,8-9H2,1H3. The summed E-state index contributed by atoms with van der Waals surface area (Å²) in [6, 6.07) is 10.2. The van der Waals surface area contributed by atoms with Crippen LogP contribution in [0.1, 0.15) is 36.3 Å². The fourth-order valence-corrected chi connectivity index (χ4v) is 2.88. The van der Waals surface area contributed by atoms with Gasteiger partial charge in [0.15, 0.2) is 11.0 Å². The molecule has 0 amide bonds. The van der Waals surface area contributed by atoms with Gasteiger partial charge in [0, 0.05) is 0 Å². The lowest BCUT2D eigenvalue weighted by atomic mass is 9.64. The van der Waals surface area contributed by atoms with Gasteiger partial charge in [-0.25, -0.2) is 14.4 Å². The highest BCUT2D eigenvalue weighted by molar-refractivity contribution is 6.29. The molecule has 1 saturated carbocycles. The number of aromatic nitrogens is 2. The molecule has 0 N–H and O–H groups in total. The van der Waals surface area contributed by atoms with Crippen molar-refractivity contribution in [1.29, 1.82) is 0 Å². The summed E-state index contributed by atoms with van der Waals surface area (Å²) in [5.41, 5.74) is 1.31. The van der Waals surface area contributed by atoms with E-state index in [1.54, 1.807) is 6.92 Å². The number of nitrogens with zero attached hydrogens (tertiary/aromatic N) is 2. The molecule has 0 unspecified atom stereocenters. The van der Waals surface area contributed by atoms with Crippen molar-refractivity contribution < 1.29 is 4.39 Å². The lowest BCUT2D eigenvalue weighted by Crippen LogP contribution is -2.37. The lowest BCUT2D eigenvalue weighted by Gasteiger charge is -2.41. The summed E-state index contributed by atoms with van der Waals surface area (Å²) in [6.45, 7) is 1.63. The van der Waals surface area contributed by atoms with Crippen LogP contribution in [-0.4, -0.2) is 9.97 Å². The van der Waals surface area contributed by atoms with Crippen LogP contribution in [0.3, 0.4) is 0 Å². The second-order valence-electron chi connectivity index (χ2n) is 5.04. The zero-order valence-electron chi connectivity index (χ0n) is 10.7. The third kappa shape index (κ3) is 1.93. The SMILES string of the molecule is Cc1nc(C2(c3ccccc3)CCC2)nc(Cl)c1F. The van der Waals surface area contributed by atoms with Gasteiger partial charge in [-0.2, -0.15) is 0 Å². The molecule has 0 bridgehead atoms. The van der Waals surface area contributed by atoms with E-state index in [1.165, 1.54) is 5.56 Å². The van der Waals surface area contributed by atoms with E-state index in [0.29, 0.717) is 11.5 Å². The fraction of sp³-hybridized carbons (Fsp3) is 0.333. The molecule has 0 saturated heterocycles. The van der Waals surface area contributed by atoms with Gasteiger partial charge >= 0.3 is 0 Å². The smallest absolute Gasteiger partial charge is 0.181 e. The molecule has 0 atom stereocenters. The van der Waals surface area contributed by atoms with Crippen LogP contribution in [0.25, 0.3) is 0 Å². The predicted octanol–water partition coefficient (Wildman–Crippen LogP) is 4.05. The second-order valence-corrected chi connectivity index (χ2v) is 5.40. The molecular weight excluding hydrogens is 263 g/mol. The molecule has 2 aromatic rings. The largest absolute Gasteiger partial charge is 0.234 e. The van der Waals surface area contributed by atoms with Gasteiger partial charge in [-0.05, 0) is 25.3 Å². The van der Waals surface area contributed by atoms with Gasteiger partial charge < -0.3 is 0 Å². The van der Waals surface area contributed by atoms with Crippen molar-refractivity contribution in [2.75, 3.05) is 0 Å². The molecule has 3 rings (SSSR count). The maximum Gasteiger partial charge on any atom is 0.181 e. The summed E-state index contributed by atoms with van der Waals surface area (Å²) in [5, 5.41) is -0.0790. The first-order chi connectivity index (χ1) is 9.13. The van der Waals surface area contributed by atoms with Gasteiger partial charge in [0.1, 0.15) is 5.82 Å². The van der Waals surface area contributed by atoms with Crippen molar-refractivity contribution in [2.24, 2.45) is 0 Å². The zero-order valence-corrected chi connectivity index (χ0v) is 11.4. The molecule has 2 nitrogen and oxygen atoms in total. The summed E-state index contributed by atoms with van der Waals surface area (Å²) in [7, 11) is 0. The van der Waals surface area contributed by atoms with Crippen molar-refractivity contribution in [3.8, 4) is 0 Å². The second kappa shape index (κ2) is 4.57. The maximum absolute atomic E-state index is 13.6. The molecule has 1 heterocycles. The Morgan fingerprint density at radius 1 is 1.16 bits per heavy atom. The Balaban J connectivity index is 2.13. The molecule has 4 heteroatoms. The molecular formula is C15H14ClFN2. The van der Waals surface area contributed by atoms with E-state index in [9.17, 15) is 4.39 Å². The molecule has 1 aliphatic carbocycles. The van der Waals surface area contributed by atoms with Crippen LogP contribution in [0.5, 0.6) is 0 Å². The average molecular weight is 277 g/mol. The summed E-state index contributed by atoms with van der Waals surface area (Å²) in [4.78, 5) is 8.52. The molecule has 0 spiro atoms. The van der Waals surface area contributed by atoms with E-state index in [-0.39, 0.29) is 10.6 Å². The summed E-state index contributed by atoms with van der Waals surface area (Å²) in [6.07, 6.45) is 3.10. The van der Waals surface area contributed by atoms with Crippen molar-refractivity contribution >= 4 is 11.6 Å². The molecule has 19 heavy (non-hydrogen) atoms. The summed E-state index contributed by atoms with van der Waals surface area (Å²) >= 11 is 5.87. The van der Waals surface area contributed by atoms with E-state index >= 15 is 0 Å². The normalized spacial score (nSPS) is 17.0. The van der Waals surface area contributed by atoms with E-state index in [1.807, 2.05) is 18.2 Å². The Hall–Kier alpha value is -1.48. The third-order valence-corrected chi connectivity index (χ3v) is 4.19. The maximum atomic E-state index is 13.6. The van der Waals surface area contributed by atoms with E-state index in [0.717, 1.165) is 19.3 Å². The Kier molecular flexibility index (Phi) is 3.02. The number of aryl methyl sites for hydroxylation is 1. The predicted molar refractivity (Wildman–Crippen MR) is 72.8 cm³/mol. The number of halogens is 2. The quantitative estimate of drug-likeness (QED) is 0.774. The van der Waals surface area contributed by atoms with Gasteiger partial charge in [0.2, 0.25) is 0 Å². The number of rotatable bonds is 2. The average Bonchev–Trinajstić information content (AvgIpc) is 2.36. The van der Waals surface area contributed by atoms with Crippen molar-refractivity contribution in [3.05, 3.63) is 58.4 Å². The minimum absolute atomic E-state index is 0.0790. The Bertz CT molecular complexity index is 586.